The van der Waals surface area contributed by atoms with Gasteiger partial charge in [-0.05, 0) is 35.4 Å². The van der Waals surface area contributed by atoms with Gasteiger partial charge in [0.05, 0.1) is 34.8 Å². The lowest BCUT2D eigenvalue weighted by atomic mass is 10.1. The summed E-state index contributed by atoms with van der Waals surface area (Å²) in [6.07, 6.45) is 0. The van der Waals surface area contributed by atoms with Gasteiger partial charge in [0, 0.05) is 10.0 Å². The Bertz CT molecular complexity index is 870. The van der Waals surface area contributed by atoms with Gasteiger partial charge in [-0.25, -0.2) is 8.42 Å². The molecule has 0 N–H and O–H groups in total. The van der Waals surface area contributed by atoms with E-state index in [1.807, 2.05) is 12.1 Å². The van der Waals surface area contributed by atoms with Crippen LogP contribution in [0.2, 0.25) is 10.0 Å². The molecule has 2 aromatic carbocycles. The highest BCUT2D eigenvalue weighted by atomic mass is 35.5. The van der Waals surface area contributed by atoms with Crippen molar-refractivity contribution in [1.29, 1.82) is 10.5 Å². The third-order valence-corrected chi connectivity index (χ3v) is 5.11. The number of sulfone groups is 1. The van der Waals surface area contributed by atoms with E-state index in [2.05, 4.69) is 0 Å². The summed E-state index contributed by atoms with van der Waals surface area (Å²) in [7, 11) is -3.57. The molecule has 7 heteroatoms. The topological polar surface area (TPSA) is 81.7 Å². The van der Waals surface area contributed by atoms with Crippen molar-refractivity contribution in [3.8, 4) is 12.1 Å². The average Bonchev–Trinajstić information content (AvgIpc) is 2.50. The van der Waals surface area contributed by atoms with E-state index in [0.717, 1.165) is 0 Å². The molecule has 0 saturated heterocycles. The molecule has 2 aromatic rings. The molecule has 2 rings (SSSR count). The molecule has 0 saturated carbocycles. The molecule has 0 spiro atoms. The molecule has 0 aliphatic heterocycles. The summed E-state index contributed by atoms with van der Waals surface area (Å²) in [6, 6.07) is 12.8. The number of rotatable bonds is 4. The van der Waals surface area contributed by atoms with Crippen molar-refractivity contribution < 1.29 is 8.42 Å². The van der Waals surface area contributed by atoms with Gasteiger partial charge in [0.1, 0.15) is 0 Å². The molecular weight excluding hydrogens is 355 g/mol. The Hall–Kier alpha value is -2.05. The second-order valence-electron chi connectivity index (χ2n) is 4.86. The van der Waals surface area contributed by atoms with Gasteiger partial charge in [-0.2, -0.15) is 10.5 Å². The second kappa shape index (κ2) is 7.02. The Morgan fingerprint density at radius 2 is 1.22 bits per heavy atom. The Labute approximate surface area is 144 Å². The SMILES string of the molecule is N#Cc1cc(Cl)ccc1CS(=O)(=O)Cc1ccc(Cl)cc1C#N. The van der Waals surface area contributed by atoms with Crippen molar-refractivity contribution in [1.82, 2.24) is 0 Å². The first-order chi connectivity index (χ1) is 10.8. The molecule has 23 heavy (non-hydrogen) atoms. The van der Waals surface area contributed by atoms with Crippen molar-refractivity contribution in [3.63, 3.8) is 0 Å². The number of benzene rings is 2. The number of nitriles is 2. The van der Waals surface area contributed by atoms with Crippen LogP contribution in [0.5, 0.6) is 0 Å². The minimum atomic E-state index is -3.57. The lowest BCUT2D eigenvalue weighted by molar-refractivity contribution is 0.594. The summed E-state index contributed by atoms with van der Waals surface area (Å²) in [5.41, 5.74) is 1.20. The summed E-state index contributed by atoms with van der Waals surface area (Å²) in [5.74, 6) is -0.610. The van der Waals surface area contributed by atoms with Crippen LogP contribution in [0, 0.1) is 22.7 Å². The van der Waals surface area contributed by atoms with Gasteiger partial charge in [-0.3, -0.25) is 0 Å². The first-order valence-electron chi connectivity index (χ1n) is 6.42. The van der Waals surface area contributed by atoms with Crippen LogP contribution < -0.4 is 0 Å². The van der Waals surface area contributed by atoms with Crippen molar-refractivity contribution in [3.05, 3.63) is 68.7 Å². The van der Waals surface area contributed by atoms with E-state index in [-0.39, 0.29) is 22.6 Å². The van der Waals surface area contributed by atoms with Gasteiger partial charge in [0.25, 0.3) is 0 Å². The predicted octanol–water partition coefficient (Wildman–Crippen LogP) is 3.85. The predicted molar refractivity (Wildman–Crippen MR) is 88.7 cm³/mol. The van der Waals surface area contributed by atoms with Crippen LogP contribution >= 0.6 is 23.2 Å². The maximum Gasteiger partial charge on any atom is 0.158 e. The molecule has 4 nitrogen and oxygen atoms in total. The van der Waals surface area contributed by atoms with Crippen molar-refractivity contribution in [2.75, 3.05) is 0 Å². The standard InChI is InChI=1S/C16H10Cl2N2O2S/c17-15-3-1-11(13(5-15)7-19)9-23(21,22)10-12-2-4-16(18)6-14(12)8-20/h1-6H,9-10H2. The molecule has 116 valence electrons. The van der Waals surface area contributed by atoms with E-state index in [4.69, 9.17) is 33.7 Å². The van der Waals surface area contributed by atoms with Gasteiger partial charge in [0.2, 0.25) is 0 Å². The molecule has 0 heterocycles. The highest BCUT2D eigenvalue weighted by molar-refractivity contribution is 7.89. The van der Waals surface area contributed by atoms with E-state index >= 15 is 0 Å². The number of hydrogen-bond acceptors (Lipinski definition) is 4. The summed E-state index contributed by atoms with van der Waals surface area (Å²) in [4.78, 5) is 0. The van der Waals surface area contributed by atoms with Crippen LogP contribution in [0.3, 0.4) is 0 Å². The van der Waals surface area contributed by atoms with Gasteiger partial charge in [0.15, 0.2) is 9.84 Å². The van der Waals surface area contributed by atoms with Crippen LogP contribution in [0.25, 0.3) is 0 Å². The Kier molecular flexibility index (Phi) is 5.28. The maximum absolute atomic E-state index is 12.4. The normalized spacial score (nSPS) is 10.8. The minimum absolute atomic E-state index is 0.220. The zero-order valence-electron chi connectivity index (χ0n) is 11.8. The van der Waals surface area contributed by atoms with Crippen molar-refractivity contribution >= 4 is 33.0 Å². The van der Waals surface area contributed by atoms with E-state index in [1.54, 1.807) is 0 Å². The van der Waals surface area contributed by atoms with E-state index in [1.165, 1.54) is 36.4 Å². The third kappa shape index (κ3) is 4.46. The van der Waals surface area contributed by atoms with E-state index in [0.29, 0.717) is 21.2 Å². The summed E-state index contributed by atoms with van der Waals surface area (Å²) in [6.45, 7) is 0. The first-order valence-corrected chi connectivity index (χ1v) is 9.00. The largest absolute Gasteiger partial charge is 0.228 e. The molecule has 0 aliphatic rings. The number of halogens is 2. The molecule has 0 radical (unpaired) electrons. The summed E-state index contributed by atoms with van der Waals surface area (Å²) in [5, 5.41) is 18.9. The van der Waals surface area contributed by atoms with Crippen LogP contribution in [-0.4, -0.2) is 8.42 Å². The highest BCUT2D eigenvalue weighted by Gasteiger charge is 2.18. The fourth-order valence-electron chi connectivity index (χ4n) is 2.08. The highest BCUT2D eigenvalue weighted by Crippen LogP contribution is 2.22. The molecule has 0 unspecified atom stereocenters. The van der Waals surface area contributed by atoms with E-state index < -0.39 is 9.84 Å². The fraction of sp³-hybridized carbons (Fsp3) is 0.125. The molecule has 0 bridgehead atoms. The average molecular weight is 365 g/mol. The number of hydrogen-bond donors (Lipinski definition) is 0. The lowest BCUT2D eigenvalue weighted by Crippen LogP contribution is -2.10. The maximum atomic E-state index is 12.4. The Morgan fingerprint density at radius 1 is 0.826 bits per heavy atom. The molecule has 0 amide bonds. The Morgan fingerprint density at radius 3 is 1.57 bits per heavy atom. The van der Waals surface area contributed by atoms with Crippen molar-refractivity contribution in [2.45, 2.75) is 11.5 Å². The van der Waals surface area contributed by atoms with Gasteiger partial charge >= 0.3 is 0 Å². The van der Waals surface area contributed by atoms with Crippen molar-refractivity contribution in [2.24, 2.45) is 0 Å². The van der Waals surface area contributed by atoms with E-state index in [9.17, 15) is 8.42 Å². The first kappa shape index (κ1) is 17.3. The molecule has 0 aliphatic carbocycles. The smallest absolute Gasteiger partial charge is 0.158 e. The molecule has 0 fully saturated rings. The number of nitrogens with zero attached hydrogens (tertiary/aromatic N) is 2. The second-order valence-corrected chi connectivity index (χ2v) is 7.80. The van der Waals surface area contributed by atoms with Crippen LogP contribution in [0.4, 0.5) is 0 Å². The fourth-order valence-corrected chi connectivity index (χ4v) is 3.98. The minimum Gasteiger partial charge on any atom is -0.228 e. The third-order valence-electron chi connectivity index (χ3n) is 3.14. The van der Waals surface area contributed by atoms with Gasteiger partial charge in [-0.1, -0.05) is 35.3 Å². The molecular formula is C16H10Cl2N2O2S. The summed E-state index contributed by atoms with van der Waals surface area (Å²) >= 11 is 11.6. The molecule has 0 atom stereocenters. The zero-order chi connectivity index (χ0) is 17.0. The van der Waals surface area contributed by atoms with Crippen LogP contribution in [0.1, 0.15) is 22.3 Å². The quantitative estimate of drug-likeness (QED) is 0.824. The summed E-state index contributed by atoms with van der Waals surface area (Å²) < 4.78 is 24.8. The van der Waals surface area contributed by atoms with Crippen LogP contribution in [-0.2, 0) is 21.3 Å². The van der Waals surface area contributed by atoms with Crippen LogP contribution in [0.15, 0.2) is 36.4 Å². The lowest BCUT2D eigenvalue weighted by Gasteiger charge is -2.08. The van der Waals surface area contributed by atoms with Gasteiger partial charge < -0.3 is 0 Å². The zero-order valence-corrected chi connectivity index (χ0v) is 14.1. The monoisotopic (exact) mass is 364 g/mol. The Balaban J connectivity index is 2.31. The molecule has 0 aromatic heterocycles. The van der Waals surface area contributed by atoms with Gasteiger partial charge in [-0.15, -0.1) is 0 Å².